The van der Waals surface area contributed by atoms with Crippen molar-refractivity contribution in [3.05, 3.63) is 71.6 Å². The molecule has 0 aliphatic rings. The monoisotopic (exact) mass is 281 g/mol. The van der Waals surface area contributed by atoms with E-state index in [1.165, 1.54) is 15.3 Å². The van der Waals surface area contributed by atoms with Crippen LogP contribution < -0.4 is 5.32 Å². The zero-order valence-electron chi connectivity index (χ0n) is 10.9. The lowest BCUT2D eigenvalue weighted by Gasteiger charge is -2.04. The van der Waals surface area contributed by atoms with Crippen molar-refractivity contribution >= 4 is 17.0 Å². The first-order valence-electron chi connectivity index (χ1n) is 6.48. The van der Waals surface area contributed by atoms with E-state index in [9.17, 15) is 5.11 Å². The van der Waals surface area contributed by atoms with Crippen molar-refractivity contribution in [3.63, 3.8) is 0 Å². The van der Waals surface area contributed by atoms with Crippen LogP contribution >= 0.6 is 11.3 Å². The standard InChI is InChI=1S/C17H15NOS/c19-15-8-6-14(7-9-15)18-12-16-10-11-17(20-16)13-4-2-1-3-5-13/h1-11,18-19H,12H2. The maximum atomic E-state index is 9.25. The third-order valence-corrected chi connectivity index (χ3v) is 4.19. The minimum absolute atomic E-state index is 0.290. The van der Waals surface area contributed by atoms with E-state index in [-0.39, 0.29) is 5.75 Å². The average molecular weight is 281 g/mol. The van der Waals surface area contributed by atoms with Crippen molar-refractivity contribution in [1.29, 1.82) is 0 Å². The molecule has 0 unspecified atom stereocenters. The Hall–Kier alpha value is -2.26. The van der Waals surface area contributed by atoms with Gasteiger partial charge in [0, 0.05) is 22.0 Å². The van der Waals surface area contributed by atoms with E-state index in [4.69, 9.17) is 0 Å². The summed E-state index contributed by atoms with van der Waals surface area (Å²) >= 11 is 1.80. The van der Waals surface area contributed by atoms with Gasteiger partial charge in [0.05, 0.1) is 0 Å². The summed E-state index contributed by atoms with van der Waals surface area (Å²) in [6.45, 7) is 0.794. The highest BCUT2D eigenvalue weighted by atomic mass is 32.1. The summed E-state index contributed by atoms with van der Waals surface area (Å²) in [7, 11) is 0. The van der Waals surface area contributed by atoms with Crippen LogP contribution in [-0.2, 0) is 6.54 Å². The van der Waals surface area contributed by atoms with Crippen LogP contribution in [-0.4, -0.2) is 5.11 Å². The maximum Gasteiger partial charge on any atom is 0.115 e. The molecule has 2 aromatic carbocycles. The van der Waals surface area contributed by atoms with Gasteiger partial charge in [-0.05, 0) is 42.0 Å². The molecule has 0 saturated carbocycles. The Morgan fingerprint density at radius 3 is 2.35 bits per heavy atom. The SMILES string of the molecule is Oc1ccc(NCc2ccc(-c3ccccc3)s2)cc1. The van der Waals surface area contributed by atoms with Gasteiger partial charge in [-0.15, -0.1) is 11.3 Å². The highest BCUT2D eigenvalue weighted by molar-refractivity contribution is 7.15. The number of hydrogen-bond donors (Lipinski definition) is 2. The fourth-order valence-electron chi connectivity index (χ4n) is 2.00. The van der Waals surface area contributed by atoms with Gasteiger partial charge in [-0.3, -0.25) is 0 Å². The van der Waals surface area contributed by atoms with Crippen LogP contribution in [0.25, 0.3) is 10.4 Å². The van der Waals surface area contributed by atoms with Gasteiger partial charge < -0.3 is 10.4 Å². The molecule has 0 saturated heterocycles. The molecular formula is C17H15NOS. The van der Waals surface area contributed by atoms with Crippen molar-refractivity contribution in [1.82, 2.24) is 0 Å². The molecule has 3 rings (SSSR count). The Labute approximate surface area is 122 Å². The van der Waals surface area contributed by atoms with Crippen LogP contribution in [0.4, 0.5) is 5.69 Å². The number of phenolic OH excluding ortho intramolecular Hbond substituents is 1. The van der Waals surface area contributed by atoms with E-state index < -0.39 is 0 Å². The molecule has 0 radical (unpaired) electrons. The molecule has 0 amide bonds. The van der Waals surface area contributed by atoms with Crippen molar-refractivity contribution < 1.29 is 5.11 Å². The zero-order valence-corrected chi connectivity index (χ0v) is 11.7. The molecule has 3 aromatic rings. The molecule has 0 spiro atoms. The van der Waals surface area contributed by atoms with Gasteiger partial charge in [0.1, 0.15) is 5.75 Å². The molecule has 0 aliphatic heterocycles. The predicted octanol–water partition coefficient (Wildman–Crippen LogP) is 4.73. The Bertz CT molecular complexity index is 674. The minimum atomic E-state index is 0.290. The van der Waals surface area contributed by atoms with Gasteiger partial charge in [-0.2, -0.15) is 0 Å². The van der Waals surface area contributed by atoms with E-state index in [0.717, 1.165) is 12.2 Å². The quantitative estimate of drug-likeness (QED) is 0.677. The summed E-state index contributed by atoms with van der Waals surface area (Å²) in [5, 5.41) is 12.6. The summed E-state index contributed by atoms with van der Waals surface area (Å²) in [6, 6.07) is 21.8. The van der Waals surface area contributed by atoms with Crippen molar-refractivity contribution in [2.24, 2.45) is 0 Å². The Morgan fingerprint density at radius 1 is 0.850 bits per heavy atom. The molecule has 1 aromatic heterocycles. The maximum absolute atomic E-state index is 9.25. The second-order valence-corrected chi connectivity index (χ2v) is 5.70. The summed E-state index contributed by atoms with van der Waals surface area (Å²) < 4.78 is 0. The molecule has 100 valence electrons. The molecule has 2 nitrogen and oxygen atoms in total. The highest BCUT2D eigenvalue weighted by Crippen LogP contribution is 2.28. The number of rotatable bonds is 4. The second-order valence-electron chi connectivity index (χ2n) is 4.53. The Balaban J connectivity index is 1.67. The van der Waals surface area contributed by atoms with E-state index >= 15 is 0 Å². The molecule has 0 aliphatic carbocycles. The lowest BCUT2D eigenvalue weighted by Crippen LogP contribution is -1.96. The summed E-state index contributed by atoms with van der Waals surface area (Å²) in [5.41, 5.74) is 2.27. The molecule has 2 N–H and O–H groups in total. The number of benzene rings is 2. The molecule has 0 fully saturated rings. The number of phenols is 1. The second kappa shape index (κ2) is 5.80. The Morgan fingerprint density at radius 2 is 1.60 bits per heavy atom. The molecule has 3 heteroatoms. The third-order valence-electron chi connectivity index (χ3n) is 3.05. The first-order valence-corrected chi connectivity index (χ1v) is 7.30. The lowest BCUT2D eigenvalue weighted by atomic mass is 10.2. The van der Waals surface area contributed by atoms with Crippen LogP contribution in [0, 0.1) is 0 Å². The number of nitrogens with one attached hydrogen (secondary N) is 1. The molecule has 1 heterocycles. The third kappa shape index (κ3) is 3.00. The van der Waals surface area contributed by atoms with E-state index in [2.05, 4.69) is 41.7 Å². The van der Waals surface area contributed by atoms with Gasteiger partial charge in [0.2, 0.25) is 0 Å². The molecular weight excluding hydrogens is 266 g/mol. The molecule has 0 atom stereocenters. The van der Waals surface area contributed by atoms with Gasteiger partial charge in [-0.25, -0.2) is 0 Å². The normalized spacial score (nSPS) is 10.4. The number of hydrogen-bond acceptors (Lipinski definition) is 3. The van der Waals surface area contributed by atoms with Gasteiger partial charge in [-0.1, -0.05) is 30.3 Å². The van der Waals surface area contributed by atoms with Gasteiger partial charge in [0.15, 0.2) is 0 Å². The zero-order chi connectivity index (χ0) is 13.8. The topological polar surface area (TPSA) is 32.3 Å². The minimum Gasteiger partial charge on any atom is -0.508 e. The van der Waals surface area contributed by atoms with Crippen LogP contribution in [0.1, 0.15) is 4.88 Å². The summed E-state index contributed by atoms with van der Waals surface area (Å²) in [5.74, 6) is 0.290. The van der Waals surface area contributed by atoms with Crippen molar-refractivity contribution in [2.75, 3.05) is 5.32 Å². The van der Waals surface area contributed by atoms with Crippen LogP contribution in [0.15, 0.2) is 66.7 Å². The van der Waals surface area contributed by atoms with Gasteiger partial charge in [0.25, 0.3) is 0 Å². The molecule has 20 heavy (non-hydrogen) atoms. The largest absolute Gasteiger partial charge is 0.508 e. The predicted molar refractivity (Wildman–Crippen MR) is 85.2 cm³/mol. The summed E-state index contributed by atoms with van der Waals surface area (Å²) in [6.07, 6.45) is 0. The Kier molecular flexibility index (Phi) is 3.70. The highest BCUT2D eigenvalue weighted by Gasteiger charge is 2.02. The van der Waals surface area contributed by atoms with Crippen molar-refractivity contribution in [2.45, 2.75) is 6.54 Å². The van der Waals surface area contributed by atoms with E-state index in [0.29, 0.717) is 0 Å². The lowest BCUT2D eigenvalue weighted by molar-refractivity contribution is 0.475. The van der Waals surface area contributed by atoms with Crippen molar-refractivity contribution in [3.8, 4) is 16.2 Å². The average Bonchev–Trinajstić information content (AvgIpc) is 2.97. The van der Waals surface area contributed by atoms with E-state index in [1.54, 1.807) is 23.5 Å². The number of anilines is 1. The molecule has 0 bridgehead atoms. The fraction of sp³-hybridized carbons (Fsp3) is 0.0588. The number of thiophene rings is 1. The first-order chi connectivity index (χ1) is 9.81. The van der Waals surface area contributed by atoms with Crippen LogP contribution in [0.2, 0.25) is 0 Å². The van der Waals surface area contributed by atoms with Gasteiger partial charge >= 0.3 is 0 Å². The summed E-state index contributed by atoms with van der Waals surface area (Å²) in [4.78, 5) is 2.57. The fourth-order valence-corrected chi connectivity index (χ4v) is 2.95. The van der Waals surface area contributed by atoms with E-state index in [1.807, 2.05) is 18.2 Å². The van der Waals surface area contributed by atoms with Crippen LogP contribution in [0.5, 0.6) is 5.75 Å². The number of aromatic hydroxyl groups is 1. The smallest absolute Gasteiger partial charge is 0.115 e. The van der Waals surface area contributed by atoms with Crippen LogP contribution in [0.3, 0.4) is 0 Å². The first kappa shape index (κ1) is 12.8.